The van der Waals surface area contributed by atoms with Gasteiger partial charge in [0.25, 0.3) is 5.69 Å². The van der Waals surface area contributed by atoms with Crippen LogP contribution >= 0.6 is 0 Å². The van der Waals surface area contributed by atoms with Crippen molar-refractivity contribution in [3.05, 3.63) is 70.0 Å². The molecule has 2 heterocycles. The number of nitrogens with one attached hydrogen (secondary N) is 1. The van der Waals surface area contributed by atoms with Gasteiger partial charge < -0.3 is 9.47 Å². The van der Waals surface area contributed by atoms with Crippen LogP contribution in [-0.4, -0.2) is 29.3 Å². The monoisotopic (exact) mass is 405 g/mol. The minimum atomic E-state index is -0.406. The van der Waals surface area contributed by atoms with Gasteiger partial charge in [0.2, 0.25) is 0 Å². The molecule has 8 heteroatoms. The number of ether oxygens (including phenoxy) is 2. The Hall–Kier alpha value is -3.94. The molecule has 0 amide bonds. The number of nitro benzene ring substituents is 1. The maximum absolute atomic E-state index is 11.1. The van der Waals surface area contributed by atoms with E-state index in [9.17, 15) is 10.1 Å². The Morgan fingerprint density at radius 2 is 1.67 bits per heavy atom. The first-order valence-electron chi connectivity index (χ1n) is 9.31. The maximum atomic E-state index is 11.1. The fourth-order valence-corrected chi connectivity index (χ4v) is 3.64. The molecule has 0 bridgehead atoms. The molecule has 2 aromatic heterocycles. The van der Waals surface area contributed by atoms with Crippen molar-refractivity contribution in [1.29, 1.82) is 0 Å². The number of hydrogen-bond acceptors (Lipinski definition) is 5. The number of aromatic nitrogens is 3. The van der Waals surface area contributed by atoms with Crippen LogP contribution in [0.2, 0.25) is 0 Å². The molecule has 152 valence electrons. The van der Waals surface area contributed by atoms with Crippen molar-refractivity contribution in [2.45, 2.75) is 13.8 Å². The van der Waals surface area contributed by atoms with Gasteiger partial charge >= 0.3 is 5.82 Å². The molecule has 0 saturated heterocycles. The van der Waals surface area contributed by atoms with E-state index in [1.165, 1.54) is 12.1 Å². The average Bonchev–Trinajstić information content (AvgIpc) is 3.17. The predicted octanol–water partition coefficient (Wildman–Crippen LogP) is 4.05. The van der Waals surface area contributed by atoms with Gasteiger partial charge in [0.15, 0.2) is 11.5 Å². The van der Waals surface area contributed by atoms with Crippen LogP contribution in [0.25, 0.3) is 27.8 Å². The van der Waals surface area contributed by atoms with E-state index < -0.39 is 4.92 Å². The Morgan fingerprint density at radius 1 is 1.00 bits per heavy atom. The fourth-order valence-electron chi connectivity index (χ4n) is 3.64. The molecule has 0 aliphatic rings. The number of benzene rings is 2. The van der Waals surface area contributed by atoms with E-state index >= 15 is 0 Å². The highest BCUT2D eigenvalue weighted by Crippen LogP contribution is 2.36. The Labute approximate surface area is 172 Å². The first-order valence-corrected chi connectivity index (χ1v) is 9.31. The second-order valence-corrected chi connectivity index (χ2v) is 6.98. The van der Waals surface area contributed by atoms with E-state index in [-0.39, 0.29) is 5.69 Å². The minimum Gasteiger partial charge on any atom is -0.493 e. The molecular formula is C22H21N4O4+. The van der Waals surface area contributed by atoms with Gasteiger partial charge in [-0.3, -0.25) is 10.1 Å². The minimum absolute atomic E-state index is 0.0390. The molecule has 30 heavy (non-hydrogen) atoms. The van der Waals surface area contributed by atoms with Crippen LogP contribution in [0.1, 0.15) is 11.4 Å². The van der Waals surface area contributed by atoms with Crippen LogP contribution in [0.5, 0.6) is 11.5 Å². The Kier molecular flexibility index (Phi) is 4.83. The summed E-state index contributed by atoms with van der Waals surface area (Å²) in [5, 5.41) is 20.4. The van der Waals surface area contributed by atoms with Crippen LogP contribution in [0.15, 0.2) is 48.5 Å². The van der Waals surface area contributed by atoms with E-state index in [0.717, 1.165) is 39.2 Å². The SMILES string of the molecule is COc1cc2cc(C)[n+](-c3cc(C)[nH]n3)c(-c3ccc([N+](=O)[O-])cc3)c2cc1OC. The highest BCUT2D eigenvalue weighted by molar-refractivity contribution is 5.95. The number of H-pyrrole nitrogens is 1. The molecule has 0 aliphatic heterocycles. The zero-order valence-corrected chi connectivity index (χ0v) is 17.1. The van der Waals surface area contributed by atoms with Gasteiger partial charge in [-0.2, -0.15) is 9.67 Å². The molecule has 8 nitrogen and oxygen atoms in total. The number of rotatable bonds is 5. The van der Waals surface area contributed by atoms with Crippen LogP contribution in [0, 0.1) is 24.0 Å². The summed E-state index contributed by atoms with van der Waals surface area (Å²) in [6.07, 6.45) is 0. The fraction of sp³-hybridized carbons (Fsp3) is 0.182. The number of nitrogens with zero attached hydrogens (tertiary/aromatic N) is 3. The molecule has 0 unspecified atom stereocenters. The van der Waals surface area contributed by atoms with Crippen molar-refractivity contribution >= 4 is 16.5 Å². The number of aromatic amines is 1. The van der Waals surface area contributed by atoms with Crippen LogP contribution in [0.4, 0.5) is 5.69 Å². The lowest BCUT2D eigenvalue weighted by molar-refractivity contribution is -0.593. The second-order valence-electron chi connectivity index (χ2n) is 6.98. The van der Waals surface area contributed by atoms with E-state index in [2.05, 4.69) is 16.3 Å². The van der Waals surface area contributed by atoms with Crippen molar-refractivity contribution in [2.75, 3.05) is 14.2 Å². The van der Waals surface area contributed by atoms with Crippen LogP contribution in [-0.2, 0) is 0 Å². The third kappa shape index (κ3) is 3.22. The highest BCUT2D eigenvalue weighted by atomic mass is 16.6. The van der Waals surface area contributed by atoms with Gasteiger partial charge in [-0.1, -0.05) is 0 Å². The Morgan fingerprint density at radius 3 is 2.23 bits per heavy atom. The van der Waals surface area contributed by atoms with Crippen molar-refractivity contribution < 1.29 is 19.0 Å². The largest absolute Gasteiger partial charge is 0.493 e. The van der Waals surface area contributed by atoms with Crippen molar-refractivity contribution in [2.24, 2.45) is 0 Å². The third-order valence-electron chi connectivity index (χ3n) is 5.02. The quantitative estimate of drug-likeness (QED) is 0.307. The van der Waals surface area contributed by atoms with E-state index in [1.807, 2.05) is 36.6 Å². The van der Waals surface area contributed by atoms with Gasteiger partial charge in [0, 0.05) is 23.1 Å². The normalized spacial score (nSPS) is 10.9. The molecule has 4 rings (SSSR count). The summed E-state index contributed by atoms with van der Waals surface area (Å²) in [6.45, 7) is 3.93. The van der Waals surface area contributed by atoms with Crippen LogP contribution < -0.4 is 14.0 Å². The summed E-state index contributed by atoms with van der Waals surface area (Å²) in [6, 6.07) is 14.4. The lowest BCUT2D eigenvalue weighted by atomic mass is 10.0. The van der Waals surface area contributed by atoms with E-state index in [4.69, 9.17) is 9.47 Å². The summed E-state index contributed by atoms with van der Waals surface area (Å²) >= 11 is 0. The molecule has 0 radical (unpaired) electrons. The highest BCUT2D eigenvalue weighted by Gasteiger charge is 2.24. The smallest absolute Gasteiger partial charge is 0.355 e. The molecular weight excluding hydrogens is 384 g/mol. The van der Waals surface area contributed by atoms with Gasteiger partial charge in [-0.05, 0) is 49.6 Å². The number of nitro groups is 1. The van der Waals surface area contributed by atoms with E-state index in [0.29, 0.717) is 11.5 Å². The van der Waals surface area contributed by atoms with Crippen LogP contribution in [0.3, 0.4) is 0 Å². The van der Waals surface area contributed by atoms with Crippen molar-refractivity contribution in [3.8, 4) is 28.6 Å². The Bertz CT molecular complexity index is 1260. The summed E-state index contributed by atoms with van der Waals surface area (Å²) in [4.78, 5) is 10.7. The van der Waals surface area contributed by atoms with Gasteiger partial charge in [-0.15, -0.1) is 0 Å². The van der Waals surface area contributed by atoms with E-state index in [1.54, 1.807) is 26.4 Å². The molecule has 0 fully saturated rings. The van der Waals surface area contributed by atoms with Gasteiger partial charge in [-0.25, -0.2) is 0 Å². The maximum Gasteiger partial charge on any atom is 0.355 e. The number of hydrogen-bond donors (Lipinski definition) is 1. The molecule has 0 atom stereocenters. The average molecular weight is 405 g/mol. The topological polar surface area (TPSA) is 94.2 Å². The van der Waals surface area contributed by atoms with Gasteiger partial charge in [0.05, 0.1) is 36.0 Å². The third-order valence-corrected chi connectivity index (χ3v) is 5.02. The summed E-state index contributed by atoms with van der Waals surface area (Å²) in [5.41, 5.74) is 3.60. The zero-order valence-electron chi connectivity index (χ0n) is 17.1. The predicted molar refractivity (Wildman–Crippen MR) is 112 cm³/mol. The molecule has 1 N–H and O–H groups in total. The molecule has 2 aromatic carbocycles. The standard InChI is InChI=1S/C22H21N4O4/c1-13-9-21(24-23-13)25-14(2)10-16-11-19(29-3)20(30-4)12-18(16)22(25)15-5-7-17(8-6-15)26(27)28/h5-12H,1-4H3,(H,23,24)/q+1. The molecule has 0 spiro atoms. The molecule has 4 aromatic rings. The summed E-state index contributed by atoms with van der Waals surface area (Å²) in [7, 11) is 3.19. The first kappa shape index (κ1) is 19.4. The number of fused-ring (bicyclic) bond motifs is 1. The lowest BCUT2D eigenvalue weighted by Gasteiger charge is -2.15. The summed E-state index contributed by atoms with van der Waals surface area (Å²) < 4.78 is 13.0. The second kappa shape index (κ2) is 7.47. The summed E-state index contributed by atoms with van der Waals surface area (Å²) in [5.74, 6) is 1.96. The number of pyridine rings is 1. The molecule has 0 aliphatic carbocycles. The van der Waals surface area contributed by atoms with Gasteiger partial charge in [0.1, 0.15) is 11.4 Å². The lowest BCUT2D eigenvalue weighted by Crippen LogP contribution is -2.37. The number of non-ortho nitro benzene ring substituents is 1. The van der Waals surface area contributed by atoms with Crippen molar-refractivity contribution in [1.82, 2.24) is 10.2 Å². The van der Waals surface area contributed by atoms with Crippen molar-refractivity contribution in [3.63, 3.8) is 0 Å². The number of methoxy groups -OCH3 is 2. The number of aryl methyl sites for hydroxylation is 2. The first-order chi connectivity index (χ1) is 14.4. The molecule has 0 saturated carbocycles. The Balaban J connectivity index is 2.10. The zero-order chi connectivity index (χ0) is 21.4.